The van der Waals surface area contributed by atoms with Gasteiger partial charge in [0, 0.05) is 18.7 Å². The van der Waals surface area contributed by atoms with Gasteiger partial charge in [0.1, 0.15) is 0 Å². The lowest BCUT2D eigenvalue weighted by Gasteiger charge is -2.04. The molecule has 3 heteroatoms. The van der Waals surface area contributed by atoms with Crippen LogP contribution in [0.2, 0.25) is 0 Å². The predicted octanol–water partition coefficient (Wildman–Crippen LogP) is 2.52. The molecule has 3 nitrogen and oxygen atoms in total. The van der Waals surface area contributed by atoms with Crippen LogP contribution in [0.4, 0.5) is 0 Å². The van der Waals surface area contributed by atoms with Crippen molar-refractivity contribution in [1.29, 1.82) is 0 Å². The monoisotopic (exact) mass is 218 g/mol. The highest BCUT2D eigenvalue weighted by Gasteiger charge is 2.54. The quantitative estimate of drug-likeness (QED) is 0.731. The summed E-state index contributed by atoms with van der Waals surface area (Å²) in [6.07, 6.45) is 8.80. The summed E-state index contributed by atoms with van der Waals surface area (Å²) in [6, 6.07) is 0. The molecule has 0 radical (unpaired) electrons. The SMILES string of the molecule is CCn1cc(C(=O)C2C3CCCCC32)cn1. The average Bonchev–Trinajstić information content (AvgIpc) is 2.84. The van der Waals surface area contributed by atoms with Gasteiger partial charge in [-0.05, 0) is 31.6 Å². The van der Waals surface area contributed by atoms with E-state index in [-0.39, 0.29) is 0 Å². The zero-order valence-corrected chi connectivity index (χ0v) is 9.72. The van der Waals surface area contributed by atoms with Crippen molar-refractivity contribution in [3.05, 3.63) is 18.0 Å². The number of fused-ring (bicyclic) bond motifs is 1. The molecule has 0 aromatic carbocycles. The second-order valence-corrected chi connectivity index (χ2v) is 5.09. The van der Waals surface area contributed by atoms with E-state index >= 15 is 0 Å². The zero-order chi connectivity index (χ0) is 11.1. The Balaban J connectivity index is 1.74. The van der Waals surface area contributed by atoms with Gasteiger partial charge in [0.15, 0.2) is 5.78 Å². The Morgan fingerprint density at radius 1 is 1.44 bits per heavy atom. The molecule has 2 aliphatic carbocycles. The molecule has 1 heterocycles. The van der Waals surface area contributed by atoms with Crippen molar-refractivity contribution in [2.45, 2.75) is 39.2 Å². The van der Waals surface area contributed by atoms with Crippen molar-refractivity contribution < 1.29 is 4.79 Å². The fourth-order valence-electron chi connectivity index (χ4n) is 3.24. The first-order valence-corrected chi connectivity index (χ1v) is 6.38. The molecular weight excluding hydrogens is 200 g/mol. The number of carbonyl (C=O) groups excluding carboxylic acids is 1. The van der Waals surface area contributed by atoms with Crippen LogP contribution in [0.25, 0.3) is 0 Å². The van der Waals surface area contributed by atoms with Crippen molar-refractivity contribution in [1.82, 2.24) is 9.78 Å². The molecule has 86 valence electrons. The molecule has 0 spiro atoms. The van der Waals surface area contributed by atoms with E-state index in [1.165, 1.54) is 25.7 Å². The van der Waals surface area contributed by atoms with Crippen LogP contribution in [-0.4, -0.2) is 15.6 Å². The number of hydrogen-bond donors (Lipinski definition) is 0. The molecule has 0 bridgehead atoms. The molecular formula is C13H18N2O. The van der Waals surface area contributed by atoms with E-state index in [2.05, 4.69) is 5.10 Å². The Morgan fingerprint density at radius 2 is 2.12 bits per heavy atom. The van der Waals surface area contributed by atoms with Gasteiger partial charge in [-0.15, -0.1) is 0 Å². The lowest BCUT2D eigenvalue weighted by molar-refractivity contribution is 0.0956. The zero-order valence-electron chi connectivity index (χ0n) is 9.72. The maximum Gasteiger partial charge on any atom is 0.169 e. The normalized spacial score (nSPS) is 32.2. The molecule has 16 heavy (non-hydrogen) atoms. The lowest BCUT2D eigenvalue weighted by atomic mass is 10.0. The fourth-order valence-corrected chi connectivity index (χ4v) is 3.24. The molecule has 2 aliphatic rings. The van der Waals surface area contributed by atoms with Gasteiger partial charge in [-0.25, -0.2) is 0 Å². The summed E-state index contributed by atoms with van der Waals surface area (Å²) in [4.78, 5) is 12.2. The van der Waals surface area contributed by atoms with Gasteiger partial charge in [-0.1, -0.05) is 12.8 Å². The van der Waals surface area contributed by atoms with Crippen LogP contribution in [-0.2, 0) is 6.54 Å². The van der Waals surface area contributed by atoms with Gasteiger partial charge in [0.2, 0.25) is 0 Å². The molecule has 3 rings (SSSR count). The number of aryl methyl sites for hydroxylation is 1. The minimum absolute atomic E-state index is 0.331. The summed E-state index contributed by atoms with van der Waals surface area (Å²) >= 11 is 0. The van der Waals surface area contributed by atoms with E-state index in [1.807, 2.05) is 17.8 Å². The van der Waals surface area contributed by atoms with E-state index in [0.717, 1.165) is 12.1 Å². The lowest BCUT2D eigenvalue weighted by Crippen LogP contribution is -2.03. The third kappa shape index (κ3) is 1.49. The third-order valence-corrected chi connectivity index (χ3v) is 4.20. The second kappa shape index (κ2) is 3.72. The number of aromatic nitrogens is 2. The standard InChI is InChI=1S/C13H18N2O/c1-2-15-8-9(7-14-15)13(16)12-10-5-3-4-6-11(10)12/h7-8,10-12H,2-6H2,1H3. The Hall–Kier alpha value is -1.12. The first-order chi connectivity index (χ1) is 7.81. The predicted molar refractivity (Wildman–Crippen MR) is 61.2 cm³/mol. The van der Waals surface area contributed by atoms with E-state index < -0.39 is 0 Å². The first kappa shape index (κ1) is 10.1. The highest BCUT2D eigenvalue weighted by molar-refractivity contribution is 5.99. The Morgan fingerprint density at radius 3 is 2.69 bits per heavy atom. The fraction of sp³-hybridized carbons (Fsp3) is 0.692. The van der Waals surface area contributed by atoms with Gasteiger partial charge < -0.3 is 0 Å². The minimum Gasteiger partial charge on any atom is -0.294 e. The van der Waals surface area contributed by atoms with Crippen LogP contribution in [0.15, 0.2) is 12.4 Å². The number of ketones is 1. The van der Waals surface area contributed by atoms with Crippen molar-refractivity contribution in [3.63, 3.8) is 0 Å². The molecule has 0 saturated heterocycles. The van der Waals surface area contributed by atoms with Crippen molar-refractivity contribution >= 4 is 5.78 Å². The van der Waals surface area contributed by atoms with E-state index in [1.54, 1.807) is 6.20 Å². The van der Waals surface area contributed by atoms with E-state index in [0.29, 0.717) is 23.5 Å². The number of nitrogens with zero attached hydrogens (tertiary/aromatic N) is 2. The number of carbonyl (C=O) groups is 1. The van der Waals surface area contributed by atoms with Crippen LogP contribution in [0.5, 0.6) is 0 Å². The van der Waals surface area contributed by atoms with Gasteiger partial charge in [-0.2, -0.15) is 5.10 Å². The summed E-state index contributed by atoms with van der Waals surface area (Å²) in [5.74, 6) is 2.08. The summed E-state index contributed by atoms with van der Waals surface area (Å²) < 4.78 is 1.83. The highest BCUT2D eigenvalue weighted by atomic mass is 16.1. The Labute approximate surface area is 95.8 Å². The number of hydrogen-bond acceptors (Lipinski definition) is 2. The number of rotatable bonds is 3. The summed E-state index contributed by atoms with van der Waals surface area (Å²) in [5, 5.41) is 4.18. The smallest absolute Gasteiger partial charge is 0.169 e. The molecule has 1 aromatic heterocycles. The molecule has 2 atom stereocenters. The van der Waals surface area contributed by atoms with Crippen LogP contribution in [0.1, 0.15) is 43.0 Å². The van der Waals surface area contributed by atoms with Crippen molar-refractivity contribution in [3.8, 4) is 0 Å². The second-order valence-electron chi connectivity index (χ2n) is 5.09. The third-order valence-electron chi connectivity index (χ3n) is 4.20. The van der Waals surface area contributed by atoms with Crippen LogP contribution < -0.4 is 0 Å². The van der Waals surface area contributed by atoms with Crippen LogP contribution >= 0.6 is 0 Å². The Kier molecular flexibility index (Phi) is 2.34. The maximum atomic E-state index is 12.2. The molecule has 2 saturated carbocycles. The first-order valence-electron chi connectivity index (χ1n) is 6.38. The largest absolute Gasteiger partial charge is 0.294 e. The number of Topliss-reactive ketones (excluding diaryl/α,β-unsaturated/α-hetero) is 1. The van der Waals surface area contributed by atoms with Crippen molar-refractivity contribution in [2.75, 3.05) is 0 Å². The molecule has 0 N–H and O–H groups in total. The molecule has 2 fully saturated rings. The molecule has 0 amide bonds. The maximum absolute atomic E-state index is 12.2. The summed E-state index contributed by atoms with van der Waals surface area (Å²) in [5.41, 5.74) is 0.821. The average molecular weight is 218 g/mol. The summed E-state index contributed by atoms with van der Waals surface area (Å²) in [6.45, 7) is 2.88. The molecule has 1 aromatic rings. The highest BCUT2D eigenvalue weighted by Crippen LogP contribution is 2.56. The van der Waals surface area contributed by atoms with E-state index in [4.69, 9.17) is 0 Å². The minimum atomic E-state index is 0.331. The topological polar surface area (TPSA) is 34.9 Å². The van der Waals surface area contributed by atoms with Crippen LogP contribution in [0, 0.1) is 17.8 Å². The van der Waals surface area contributed by atoms with E-state index in [9.17, 15) is 4.79 Å². The summed E-state index contributed by atoms with van der Waals surface area (Å²) in [7, 11) is 0. The van der Waals surface area contributed by atoms with Gasteiger partial charge >= 0.3 is 0 Å². The van der Waals surface area contributed by atoms with Gasteiger partial charge in [0.05, 0.1) is 11.8 Å². The van der Waals surface area contributed by atoms with Gasteiger partial charge in [0.25, 0.3) is 0 Å². The van der Waals surface area contributed by atoms with Crippen LogP contribution in [0.3, 0.4) is 0 Å². The van der Waals surface area contributed by atoms with Gasteiger partial charge in [-0.3, -0.25) is 9.48 Å². The molecule has 0 aliphatic heterocycles. The Bertz CT molecular complexity index is 398. The molecule has 2 unspecified atom stereocenters. The van der Waals surface area contributed by atoms with Crippen molar-refractivity contribution in [2.24, 2.45) is 17.8 Å².